The number of benzene rings is 2. The van der Waals surface area contributed by atoms with Gasteiger partial charge in [-0.25, -0.2) is 18.4 Å². The summed E-state index contributed by atoms with van der Waals surface area (Å²) in [5.74, 6) is -3.40. The van der Waals surface area contributed by atoms with Crippen LogP contribution in [0.4, 0.5) is 13.6 Å². The molecule has 0 spiro atoms. The van der Waals surface area contributed by atoms with Crippen LogP contribution in [0.15, 0.2) is 54.6 Å². The highest BCUT2D eigenvalue weighted by molar-refractivity contribution is 5.74. The Kier molecular flexibility index (Phi) is 12.8. The first kappa shape index (κ1) is 30.0. The maximum absolute atomic E-state index is 13.0. The molecule has 2 rings (SSSR count). The first-order valence-electron chi connectivity index (χ1n) is 12.3. The molecule has 0 aliphatic carbocycles. The van der Waals surface area contributed by atoms with Crippen molar-refractivity contribution in [2.45, 2.75) is 38.7 Å². The number of carboxylic acid groups (broad SMARTS) is 1. The van der Waals surface area contributed by atoms with E-state index in [4.69, 9.17) is 14.2 Å². The van der Waals surface area contributed by atoms with Gasteiger partial charge in [0.2, 0.25) is 0 Å². The van der Waals surface area contributed by atoms with Crippen molar-refractivity contribution in [2.24, 2.45) is 0 Å². The number of hydrogen-bond acceptors (Lipinski definition) is 5. The summed E-state index contributed by atoms with van der Waals surface area (Å²) in [7, 11) is 0. The lowest BCUT2D eigenvalue weighted by Gasteiger charge is -2.23. The van der Waals surface area contributed by atoms with E-state index in [2.05, 4.69) is 5.32 Å². The fourth-order valence-corrected chi connectivity index (χ4v) is 3.44. The van der Waals surface area contributed by atoms with Crippen molar-refractivity contribution in [3.8, 4) is 5.75 Å². The summed E-state index contributed by atoms with van der Waals surface area (Å²) in [6, 6.07) is 16.3. The van der Waals surface area contributed by atoms with Crippen molar-refractivity contribution >= 4 is 12.0 Å². The predicted octanol–water partition coefficient (Wildman–Crippen LogP) is 4.02. The van der Waals surface area contributed by atoms with Gasteiger partial charge in [0, 0.05) is 33.0 Å². The Bertz CT molecular complexity index is 938. The monoisotopic (exact) mass is 522 g/mol. The number of halogens is 2. The van der Waals surface area contributed by atoms with Crippen molar-refractivity contribution in [1.82, 2.24) is 10.2 Å². The van der Waals surface area contributed by atoms with Crippen molar-refractivity contribution in [2.75, 3.05) is 46.1 Å². The molecule has 0 saturated heterocycles. The molecule has 1 unspecified atom stereocenters. The zero-order valence-electron chi connectivity index (χ0n) is 21.3. The molecule has 37 heavy (non-hydrogen) atoms. The van der Waals surface area contributed by atoms with E-state index in [0.29, 0.717) is 25.3 Å². The van der Waals surface area contributed by atoms with E-state index in [1.165, 1.54) is 4.90 Å². The highest BCUT2D eigenvalue weighted by atomic mass is 19.3. The number of ether oxygens (including phenoxy) is 3. The molecule has 0 aliphatic heterocycles. The second-order valence-electron chi connectivity index (χ2n) is 8.56. The van der Waals surface area contributed by atoms with Crippen LogP contribution in [0, 0.1) is 0 Å². The van der Waals surface area contributed by atoms with Crippen LogP contribution in [0.3, 0.4) is 0 Å². The number of amides is 2. The van der Waals surface area contributed by atoms with Crippen molar-refractivity contribution < 1.29 is 37.7 Å². The van der Waals surface area contributed by atoms with Gasteiger partial charge in [0.25, 0.3) is 5.92 Å². The topological polar surface area (TPSA) is 97.3 Å². The zero-order valence-corrected chi connectivity index (χ0v) is 21.3. The first-order chi connectivity index (χ1) is 17.7. The van der Waals surface area contributed by atoms with Gasteiger partial charge in [-0.15, -0.1) is 0 Å². The van der Waals surface area contributed by atoms with Crippen LogP contribution in [-0.2, 0) is 27.1 Å². The van der Waals surface area contributed by atoms with E-state index in [1.807, 2.05) is 30.3 Å². The molecule has 0 bridgehead atoms. The summed E-state index contributed by atoms with van der Waals surface area (Å²) in [5, 5.41) is 12.1. The minimum absolute atomic E-state index is 0.0329. The van der Waals surface area contributed by atoms with Crippen LogP contribution < -0.4 is 10.1 Å². The number of nitrogens with one attached hydrogen (secondary N) is 1. The summed E-state index contributed by atoms with van der Waals surface area (Å²) < 4.78 is 42.1. The molecule has 0 heterocycles. The Morgan fingerprint density at radius 3 is 2.32 bits per heavy atom. The number of alkyl halides is 2. The molecule has 0 saturated carbocycles. The summed E-state index contributed by atoms with van der Waals surface area (Å²) in [4.78, 5) is 25.5. The summed E-state index contributed by atoms with van der Waals surface area (Å²) in [6.07, 6.45) is -0.0222. The third-order valence-corrected chi connectivity index (χ3v) is 5.30. The number of carbonyl (C=O) groups excluding carboxylic acids is 1. The molecule has 204 valence electrons. The number of rotatable bonds is 17. The van der Waals surface area contributed by atoms with Gasteiger partial charge in [-0.3, -0.25) is 0 Å². The van der Waals surface area contributed by atoms with E-state index in [0.717, 1.165) is 18.1 Å². The van der Waals surface area contributed by atoms with E-state index in [-0.39, 0.29) is 38.8 Å². The van der Waals surface area contributed by atoms with E-state index >= 15 is 0 Å². The normalized spacial score (nSPS) is 12.1. The van der Waals surface area contributed by atoms with Crippen LogP contribution in [0.2, 0.25) is 0 Å². The van der Waals surface area contributed by atoms with Crippen LogP contribution in [0.5, 0.6) is 5.75 Å². The highest BCUT2D eigenvalue weighted by Gasteiger charge is 2.22. The smallest absolute Gasteiger partial charge is 0.333 e. The van der Waals surface area contributed by atoms with Crippen LogP contribution in [0.25, 0.3) is 0 Å². The lowest BCUT2D eigenvalue weighted by Crippen LogP contribution is -2.44. The largest absolute Gasteiger partial charge is 0.492 e. The fraction of sp³-hybridized carbons (Fsp3) is 0.481. The maximum atomic E-state index is 13.0. The van der Waals surface area contributed by atoms with Gasteiger partial charge < -0.3 is 29.5 Å². The highest BCUT2D eigenvalue weighted by Crippen LogP contribution is 2.15. The van der Waals surface area contributed by atoms with Gasteiger partial charge in [0.05, 0.1) is 13.2 Å². The molecular weight excluding hydrogens is 486 g/mol. The molecule has 2 N–H and O–H groups in total. The fourth-order valence-electron chi connectivity index (χ4n) is 3.44. The van der Waals surface area contributed by atoms with Crippen molar-refractivity contribution in [1.29, 1.82) is 0 Å². The summed E-state index contributed by atoms with van der Waals surface area (Å²) >= 11 is 0. The van der Waals surface area contributed by atoms with Gasteiger partial charge in [0.15, 0.2) is 6.10 Å². The second kappa shape index (κ2) is 15.8. The third kappa shape index (κ3) is 12.5. The van der Waals surface area contributed by atoms with Gasteiger partial charge in [-0.1, -0.05) is 42.5 Å². The molecule has 0 aromatic heterocycles. The number of aliphatic carboxylic acids is 1. The molecule has 2 aromatic carbocycles. The summed E-state index contributed by atoms with van der Waals surface area (Å²) in [5.41, 5.74) is 1.88. The number of carboxylic acids is 1. The molecule has 0 fully saturated rings. The van der Waals surface area contributed by atoms with Crippen LogP contribution >= 0.6 is 0 Å². The molecule has 2 amide bonds. The average molecular weight is 523 g/mol. The molecule has 0 radical (unpaired) electrons. The Balaban J connectivity index is 1.86. The van der Waals surface area contributed by atoms with E-state index in [1.54, 1.807) is 31.2 Å². The van der Waals surface area contributed by atoms with Crippen molar-refractivity contribution in [3.63, 3.8) is 0 Å². The lowest BCUT2D eigenvalue weighted by atomic mass is 10.1. The Labute approximate surface area is 216 Å². The SMILES string of the molecule is CCOC(Cc1ccc(OCCN(CCOCC(C)(F)F)C(=O)NCCc2ccccc2)cc1)C(=O)O. The van der Waals surface area contributed by atoms with Crippen LogP contribution in [-0.4, -0.2) is 80.1 Å². The molecule has 0 aliphatic rings. The zero-order chi connectivity index (χ0) is 27.1. The predicted molar refractivity (Wildman–Crippen MR) is 135 cm³/mol. The van der Waals surface area contributed by atoms with Gasteiger partial charge >= 0.3 is 12.0 Å². The molecule has 10 heteroatoms. The lowest BCUT2D eigenvalue weighted by molar-refractivity contribution is -0.149. The Morgan fingerprint density at radius 1 is 1.03 bits per heavy atom. The molecular formula is C27H36F2N2O6. The second-order valence-corrected chi connectivity index (χ2v) is 8.56. The molecule has 8 nitrogen and oxygen atoms in total. The number of carbonyl (C=O) groups is 2. The minimum atomic E-state index is -2.94. The van der Waals surface area contributed by atoms with Gasteiger partial charge in [-0.05, 0) is 36.6 Å². The third-order valence-electron chi connectivity index (χ3n) is 5.30. The van der Waals surface area contributed by atoms with Gasteiger partial charge in [-0.2, -0.15) is 0 Å². The summed E-state index contributed by atoms with van der Waals surface area (Å²) in [6.45, 7) is 3.02. The maximum Gasteiger partial charge on any atom is 0.333 e. The van der Waals surface area contributed by atoms with E-state index in [9.17, 15) is 23.5 Å². The standard InChI is InChI=1S/C27H36F2N2O6/c1-3-36-24(25(32)33)19-22-9-11-23(12-10-22)37-18-16-31(15-17-35-20-27(2,28)29)26(34)30-14-13-21-7-5-4-6-8-21/h4-12,24H,3,13-20H2,1-2H3,(H,30,34)(H,32,33). The van der Waals surface area contributed by atoms with Crippen molar-refractivity contribution in [3.05, 3.63) is 65.7 Å². The quantitative estimate of drug-likeness (QED) is 0.305. The van der Waals surface area contributed by atoms with Gasteiger partial charge in [0.1, 0.15) is 19.0 Å². The number of nitrogens with zero attached hydrogens (tertiary/aromatic N) is 1. The van der Waals surface area contributed by atoms with Crippen LogP contribution in [0.1, 0.15) is 25.0 Å². The molecule has 2 aromatic rings. The van der Waals surface area contributed by atoms with E-state index < -0.39 is 24.6 Å². The number of urea groups is 1. The Hall–Kier alpha value is -3.24. The average Bonchev–Trinajstić information content (AvgIpc) is 2.86. The minimum Gasteiger partial charge on any atom is -0.492 e. The first-order valence-corrected chi connectivity index (χ1v) is 12.3. The Morgan fingerprint density at radius 2 is 1.70 bits per heavy atom. The number of hydrogen-bond donors (Lipinski definition) is 2. The molecule has 1 atom stereocenters.